The smallest absolute Gasteiger partial charge is 0.220 e. The fourth-order valence-electron chi connectivity index (χ4n) is 1.73. The molecule has 0 saturated carbocycles. The maximum absolute atomic E-state index is 11.6. The molecular formula is C14H15ClN2O2. The van der Waals surface area contributed by atoms with Crippen LogP contribution < -0.4 is 5.32 Å². The van der Waals surface area contributed by atoms with Gasteiger partial charge in [-0.1, -0.05) is 23.7 Å². The summed E-state index contributed by atoms with van der Waals surface area (Å²) in [6.07, 6.45) is 4.71. The van der Waals surface area contributed by atoms with Crippen molar-refractivity contribution in [2.75, 3.05) is 6.54 Å². The van der Waals surface area contributed by atoms with E-state index in [-0.39, 0.29) is 5.91 Å². The van der Waals surface area contributed by atoms with Gasteiger partial charge in [0.15, 0.2) is 6.39 Å². The Balaban J connectivity index is 1.66. The van der Waals surface area contributed by atoms with Crippen LogP contribution in [0, 0.1) is 0 Å². The molecule has 0 spiro atoms. The first-order chi connectivity index (χ1) is 9.24. The molecule has 0 unspecified atom stereocenters. The Hall–Kier alpha value is -1.81. The summed E-state index contributed by atoms with van der Waals surface area (Å²) in [4.78, 5) is 15.6. The first-order valence-corrected chi connectivity index (χ1v) is 6.50. The lowest BCUT2D eigenvalue weighted by molar-refractivity contribution is -0.121. The molecule has 0 aliphatic carbocycles. The third-order valence-corrected chi connectivity index (χ3v) is 2.95. The van der Waals surface area contributed by atoms with E-state index in [1.807, 2.05) is 24.3 Å². The maximum Gasteiger partial charge on any atom is 0.220 e. The highest BCUT2D eigenvalue weighted by Gasteiger charge is 2.03. The number of carbonyl (C=O) groups excluding carboxylic acids is 1. The number of carbonyl (C=O) groups is 1. The lowest BCUT2D eigenvalue weighted by Gasteiger charge is -2.05. The molecule has 5 heteroatoms. The molecule has 0 radical (unpaired) electrons. The van der Waals surface area contributed by atoms with Crippen LogP contribution in [0.5, 0.6) is 0 Å². The summed E-state index contributed by atoms with van der Waals surface area (Å²) in [6.45, 7) is 0.609. The molecule has 0 atom stereocenters. The normalized spacial score (nSPS) is 10.4. The number of oxazole rings is 1. The largest absolute Gasteiger partial charge is 0.451 e. The molecule has 1 aromatic carbocycles. The molecule has 1 N–H and O–H groups in total. The van der Waals surface area contributed by atoms with Gasteiger partial charge in [-0.15, -0.1) is 0 Å². The van der Waals surface area contributed by atoms with Gasteiger partial charge in [-0.05, 0) is 24.1 Å². The quantitative estimate of drug-likeness (QED) is 0.884. The highest BCUT2D eigenvalue weighted by Crippen LogP contribution is 2.10. The van der Waals surface area contributed by atoms with Crippen LogP contribution in [0.2, 0.25) is 5.02 Å². The summed E-state index contributed by atoms with van der Waals surface area (Å²) in [5.74, 6) is 0.0185. The molecule has 1 aromatic heterocycles. The van der Waals surface area contributed by atoms with Gasteiger partial charge < -0.3 is 9.73 Å². The molecule has 1 amide bonds. The third-order valence-electron chi connectivity index (χ3n) is 2.72. The second kappa shape index (κ2) is 6.95. The van der Waals surface area contributed by atoms with Gasteiger partial charge in [-0.25, -0.2) is 4.98 Å². The van der Waals surface area contributed by atoms with Gasteiger partial charge in [-0.2, -0.15) is 0 Å². The van der Waals surface area contributed by atoms with Gasteiger partial charge in [0.05, 0.1) is 5.69 Å². The fraction of sp³-hybridized carbons (Fsp3) is 0.286. The minimum Gasteiger partial charge on any atom is -0.451 e. The second-order valence-electron chi connectivity index (χ2n) is 4.21. The van der Waals surface area contributed by atoms with E-state index in [1.165, 1.54) is 6.39 Å². The highest BCUT2D eigenvalue weighted by atomic mass is 35.5. The van der Waals surface area contributed by atoms with E-state index in [2.05, 4.69) is 10.3 Å². The number of nitrogens with one attached hydrogen (secondary N) is 1. The van der Waals surface area contributed by atoms with Crippen molar-refractivity contribution in [2.24, 2.45) is 0 Å². The van der Waals surface area contributed by atoms with Gasteiger partial charge in [0.25, 0.3) is 0 Å². The first-order valence-electron chi connectivity index (χ1n) is 6.12. The molecule has 4 nitrogen and oxygen atoms in total. The molecule has 0 bridgehead atoms. The van der Waals surface area contributed by atoms with Crippen molar-refractivity contribution >= 4 is 17.5 Å². The Kier molecular flexibility index (Phi) is 4.98. The number of benzene rings is 1. The number of halogens is 1. The minimum absolute atomic E-state index is 0.0185. The van der Waals surface area contributed by atoms with E-state index in [0.717, 1.165) is 22.7 Å². The summed E-state index contributed by atoms with van der Waals surface area (Å²) in [5.41, 5.74) is 1.91. The number of aryl methyl sites for hydroxylation is 1. The average Bonchev–Trinajstić information content (AvgIpc) is 2.89. The standard InChI is InChI=1S/C14H15ClN2O2/c15-12-3-1-2-11(8-12)6-7-16-14(18)5-4-13-9-19-10-17-13/h1-3,8-10H,4-7H2,(H,16,18). The summed E-state index contributed by atoms with van der Waals surface area (Å²) in [6, 6.07) is 7.64. The van der Waals surface area contributed by atoms with Crippen LogP contribution in [0.4, 0.5) is 0 Å². The molecule has 0 aliphatic rings. The van der Waals surface area contributed by atoms with E-state index in [9.17, 15) is 4.79 Å². The monoisotopic (exact) mass is 278 g/mol. The average molecular weight is 279 g/mol. The number of hydrogen-bond acceptors (Lipinski definition) is 3. The van der Waals surface area contributed by atoms with Crippen molar-refractivity contribution in [2.45, 2.75) is 19.3 Å². The predicted molar refractivity (Wildman–Crippen MR) is 73.0 cm³/mol. The zero-order chi connectivity index (χ0) is 13.5. The SMILES string of the molecule is O=C(CCc1cocn1)NCCc1cccc(Cl)c1. The van der Waals surface area contributed by atoms with E-state index in [0.29, 0.717) is 19.4 Å². The van der Waals surface area contributed by atoms with Crippen molar-refractivity contribution in [1.82, 2.24) is 10.3 Å². The van der Waals surface area contributed by atoms with Crippen LogP contribution in [-0.4, -0.2) is 17.4 Å². The van der Waals surface area contributed by atoms with Gasteiger partial charge in [0, 0.05) is 24.4 Å². The van der Waals surface area contributed by atoms with Gasteiger partial charge in [-0.3, -0.25) is 4.79 Å². The molecule has 1 heterocycles. The summed E-state index contributed by atoms with van der Waals surface area (Å²) in [5, 5.41) is 3.59. The zero-order valence-corrected chi connectivity index (χ0v) is 11.2. The second-order valence-corrected chi connectivity index (χ2v) is 4.65. The number of hydrogen-bond donors (Lipinski definition) is 1. The Morgan fingerprint density at radius 2 is 2.26 bits per heavy atom. The Morgan fingerprint density at radius 1 is 1.37 bits per heavy atom. The predicted octanol–water partition coefficient (Wildman–Crippen LogP) is 2.62. The third kappa shape index (κ3) is 4.75. The van der Waals surface area contributed by atoms with E-state index in [4.69, 9.17) is 16.0 Å². The molecule has 0 saturated heterocycles. The maximum atomic E-state index is 11.6. The van der Waals surface area contributed by atoms with Gasteiger partial charge in [0.2, 0.25) is 5.91 Å². The van der Waals surface area contributed by atoms with Crippen LogP contribution >= 0.6 is 11.6 Å². The first kappa shape index (κ1) is 13.6. The van der Waals surface area contributed by atoms with Crippen molar-refractivity contribution in [3.63, 3.8) is 0 Å². The zero-order valence-electron chi connectivity index (χ0n) is 10.4. The molecule has 0 fully saturated rings. The van der Waals surface area contributed by atoms with E-state index >= 15 is 0 Å². The number of aromatic nitrogens is 1. The Bertz CT molecular complexity index is 526. The van der Waals surface area contributed by atoms with E-state index in [1.54, 1.807) is 6.26 Å². The molecule has 2 aromatic rings. The minimum atomic E-state index is 0.0185. The van der Waals surface area contributed by atoms with Crippen LogP contribution in [0.25, 0.3) is 0 Å². The Morgan fingerprint density at radius 3 is 3.00 bits per heavy atom. The van der Waals surface area contributed by atoms with Crippen LogP contribution in [-0.2, 0) is 17.6 Å². The van der Waals surface area contributed by atoms with E-state index < -0.39 is 0 Å². The lowest BCUT2D eigenvalue weighted by Crippen LogP contribution is -2.25. The van der Waals surface area contributed by atoms with Crippen molar-refractivity contribution in [3.05, 3.63) is 53.2 Å². The molecular weight excluding hydrogens is 264 g/mol. The van der Waals surface area contributed by atoms with Crippen LogP contribution in [0.1, 0.15) is 17.7 Å². The van der Waals surface area contributed by atoms with Crippen LogP contribution in [0.15, 0.2) is 41.3 Å². The molecule has 19 heavy (non-hydrogen) atoms. The van der Waals surface area contributed by atoms with Gasteiger partial charge in [0.1, 0.15) is 6.26 Å². The highest BCUT2D eigenvalue weighted by molar-refractivity contribution is 6.30. The number of rotatable bonds is 6. The van der Waals surface area contributed by atoms with Crippen LogP contribution in [0.3, 0.4) is 0 Å². The summed E-state index contributed by atoms with van der Waals surface area (Å²) >= 11 is 5.89. The fourth-order valence-corrected chi connectivity index (χ4v) is 1.94. The molecule has 0 aliphatic heterocycles. The van der Waals surface area contributed by atoms with Crippen molar-refractivity contribution in [1.29, 1.82) is 0 Å². The summed E-state index contributed by atoms with van der Waals surface area (Å²) < 4.78 is 4.84. The lowest BCUT2D eigenvalue weighted by atomic mass is 10.1. The number of amides is 1. The molecule has 2 rings (SSSR count). The number of nitrogens with zero attached hydrogens (tertiary/aromatic N) is 1. The molecule has 100 valence electrons. The Labute approximate surface area is 116 Å². The van der Waals surface area contributed by atoms with Gasteiger partial charge >= 0.3 is 0 Å². The topological polar surface area (TPSA) is 55.1 Å². The van der Waals surface area contributed by atoms with Crippen molar-refractivity contribution in [3.8, 4) is 0 Å². The summed E-state index contributed by atoms with van der Waals surface area (Å²) in [7, 11) is 0. The van der Waals surface area contributed by atoms with Crippen molar-refractivity contribution < 1.29 is 9.21 Å².